The maximum absolute atomic E-state index is 5.87. The highest BCUT2D eigenvalue weighted by Gasteiger charge is 2.59. The zero-order chi connectivity index (χ0) is 18.0. The smallest absolute Gasteiger partial charge is 0.195 e. The van der Waals surface area contributed by atoms with E-state index < -0.39 is 0 Å². The number of methoxy groups -OCH3 is 1. The number of ether oxygens (including phenoxy) is 3. The molecule has 1 aliphatic heterocycles. The van der Waals surface area contributed by atoms with Crippen molar-refractivity contribution in [3.63, 3.8) is 0 Å². The van der Waals surface area contributed by atoms with Crippen LogP contribution in [0, 0.1) is 11.3 Å². The van der Waals surface area contributed by atoms with E-state index in [9.17, 15) is 0 Å². The van der Waals surface area contributed by atoms with Crippen LogP contribution in [0.25, 0.3) is 0 Å². The second kappa shape index (κ2) is 8.65. The molecule has 2 N–H and O–H groups in total. The summed E-state index contributed by atoms with van der Waals surface area (Å²) in [6.07, 6.45) is 1.47. The molecule has 6 nitrogen and oxygen atoms in total. The first-order chi connectivity index (χ1) is 12.0. The molecular formula is C19H30IN3O3. The number of fused-ring (bicyclic) bond motifs is 1. The van der Waals surface area contributed by atoms with E-state index >= 15 is 0 Å². The Morgan fingerprint density at radius 3 is 2.77 bits per heavy atom. The van der Waals surface area contributed by atoms with Gasteiger partial charge in [0.05, 0.1) is 19.8 Å². The Labute approximate surface area is 173 Å². The molecule has 0 radical (unpaired) electrons. The molecule has 2 fully saturated rings. The van der Waals surface area contributed by atoms with Gasteiger partial charge in [0, 0.05) is 42.8 Å². The first-order valence-electron chi connectivity index (χ1n) is 8.94. The highest BCUT2D eigenvalue weighted by atomic mass is 127. The van der Waals surface area contributed by atoms with Crippen molar-refractivity contribution in [1.29, 1.82) is 0 Å². The van der Waals surface area contributed by atoms with E-state index in [2.05, 4.69) is 29.5 Å². The Morgan fingerprint density at radius 2 is 2.12 bits per heavy atom. The summed E-state index contributed by atoms with van der Waals surface area (Å²) in [5.41, 5.74) is 1.01. The van der Waals surface area contributed by atoms with E-state index in [0.29, 0.717) is 30.4 Å². The second-order valence-electron chi connectivity index (χ2n) is 7.18. The van der Waals surface area contributed by atoms with Crippen molar-refractivity contribution in [2.75, 3.05) is 32.7 Å². The van der Waals surface area contributed by atoms with Crippen LogP contribution in [0.1, 0.15) is 27.2 Å². The average Bonchev–Trinajstić information content (AvgIpc) is 3.06. The summed E-state index contributed by atoms with van der Waals surface area (Å²) < 4.78 is 16.8. The van der Waals surface area contributed by atoms with Crippen LogP contribution < -0.4 is 20.1 Å². The van der Waals surface area contributed by atoms with Crippen molar-refractivity contribution in [2.24, 2.45) is 16.3 Å². The van der Waals surface area contributed by atoms with E-state index in [4.69, 9.17) is 14.2 Å². The number of rotatable bonds is 5. The van der Waals surface area contributed by atoms with Gasteiger partial charge in [-0.05, 0) is 25.5 Å². The number of guanidine groups is 1. The van der Waals surface area contributed by atoms with Crippen LogP contribution in [-0.2, 0) is 4.74 Å². The molecule has 3 rings (SSSR count). The van der Waals surface area contributed by atoms with Gasteiger partial charge in [-0.25, -0.2) is 0 Å². The van der Waals surface area contributed by atoms with E-state index in [1.165, 1.54) is 0 Å². The molecule has 3 atom stereocenters. The SMILES string of the molecule is CCOc1ccc(NC(=NC)NC2C3CCOC3C2(C)C)cc1OC.I. The summed E-state index contributed by atoms with van der Waals surface area (Å²) in [5, 5.41) is 6.93. The molecular weight excluding hydrogens is 445 g/mol. The lowest BCUT2D eigenvalue weighted by Gasteiger charge is -2.54. The van der Waals surface area contributed by atoms with Gasteiger partial charge in [0.2, 0.25) is 0 Å². The number of nitrogens with one attached hydrogen (secondary N) is 2. The number of nitrogens with zero attached hydrogens (tertiary/aromatic N) is 1. The Kier molecular flexibility index (Phi) is 7.01. The van der Waals surface area contributed by atoms with E-state index in [1.807, 2.05) is 25.1 Å². The normalized spacial score (nSPS) is 26.2. The molecule has 1 saturated carbocycles. The quantitative estimate of drug-likeness (QED) is 0.388. The summed E-state index contributed by atoms with van der Waals surface area (Å²) in [6.45, 7) is 7.93. The van der Waals surface area contributed by atoms with Crippen LogP contribution >= 0.6 is 24.0 Å². The van der Waals surface area contributed by atoms with E-state index in [1.54, 1.807) is 14.2 Å². The van der Waals surface area contributed by atoms with E-state index in [0.717, 1.165) is 30.4 Å². The minimum absolute atomic E-state index is 0. The Balaban J connectivity index is 0.00000243. The number of halogens is 1. The average molecular weight is 475 g/mol. The fourth-order valence-electron chi connectivity index (χ4n) is 4.08. The van der Waals surface area contributed by atoms with E-state index in [-0.39, 0.29) is 29.4 Å². The lowest BCUT2D eigenvalue weighted by molar-refractivity contribution is -0.106. The molecule has 0 bridgehead atoms. The maximum atomic E-state index is 5.87. The standard InChI is InChI=1S/C19H29N3O3.HI/c1-6-24-14-8-7-12(11-15(14)23-5)21-18(20-4)22-16-13-9-10-25-17(13)19(16,2)3;/h7-8,11,13,16-17H,6,9-10H2,1-5H3,(H2,20,21,22);1H. The Hall–Kier alpha value is -1.22. The Morgan fingerprint density at radius 1 is 1.35 bits per heavy atom. The van der Waals surface area contributed by atoms with Crippen LogP contribution in [0.4, 0.5) is 5.69 Å². The topological polar surface area (TPSA) is 64.1 Å². The third-order valence-corrected chi connectivity index (χ3v) is 5.34. The fourth-order valence-corrected chi connectivity index (χ4v) is 4.08. The molecule has 1 heterocycles. The lowest BCUT2D eigenvalue weighted by Crippen LogP contribution is -2.67. The third-order valence-electron chi connectivity index (χ3n) is 5.34. The molecule has 1 aliphatic carbocycles. The van der Waals surface area contributed by atoms with Gasteiger partial charge in [0.15, 0.2) is 17.5 Å². The molecule has 1 aromatic rings. The molecule has 7 heteroatoms. The maximum Gasteiger partial charge on any atom is 0.195 e. The van der Waals surface area contributed by atoms with Crippen LogP contribution in [-0.4, -0.2) is 45.5 Å². The zero-order valence-electron chi connectivity index (χ0n) is 16.2. The first kappa shape index (κ1) is 21.1. The summed E-state index contributed by atoms with van der Waals surface area (Å²) in [4.78, 5) is 4.38. The van der Waals surface area contributed by atoms with Gasteiger partial charge >= 0.3 is 0 Å². The fraction of sp³-hybridized carbons (Fsp3) is 0.632. The summed E-state index contributed by atoms with van der Waals surface area (Å²) in [5.74, 6) is 2.76. The van der Waals surface area contributed by atoms with Gasteiger partial charge in [-0.3, -0.25) is 4.99 Å². The minimum Gasteiger partial charge on any atom is -0.493 e. The van der Waals surface area contributed by atoms with Crippen molar-refractivity contribution in [1.82, 2.24) is 5.32 Å². The Bertz CT molecular complexity index is 651. The second-order valence-corrected chi connectivity index (χ2v) is 7.18. The highest BCUT2D eigenvalue weighted by Crippen LogP contribution is 2.52. The van der Waals surface area contributed by atoms with Gasteiger partial charge in [-0.15, -0.1) is 24.0 Å². The summed E-state index contributed by atoms with van der Waals surface area (Å²) in [6, 6.07) is 6.15. The highest BCUT2D eigenvalue weighted by molar-refractivity contribution is 14.0. The molecule has 1 aromatic carbocycles. The largest absolute Gasteiger partial charge is 0.493 e. The van der Waals surface area contributed by atoms with Crippen LogP contribution in [0.3, 0.4) is 0 Å². The number of benzene rings is 1. The molecule has 3 unspecified atom stereocenters. The molecule has 0 spiro atoms. The number of aliphatic imine (C=N–C) groups is 1. The van der Waals surface area contributed by atoms with Crippen molar-refractivity contribution < 1.29 is 14.2 Å². The van der Waals surface area contributed by atoms with Crippen LogP contribution in [0.15, 0.2) is 23.2 Å². The van der Waals surface area contributed by atoms with Gasteiger partial charge in [0.1, 0.15) is 0 Å². The monoisotopic (exact) mass is 475 g/mol. The number of hydrogen-bond donors (Lipinski definition) is 2. The summed E-state index contributed by atoms with van der Waals surface area (Å²) in [7, 11) is 3.43. The predicted molar refractivity (Wildman–Crippen MR) is 115 cm³/mol. The lowest BCUT2D eigenvalue weighted by atomic mass is 9.57. The molecule has 1 saturated heterocycles. The zero-order valence-corrected chi connectivity index (χ0v) is 18.5. The summed E-state index contributed by atoms with van der Waals surface area (Å²) >= 11 is 0. The van der Waals surface area contributed by atoms with Gasteiger partial charge in [0.25, 0.3) is 0 Å². The van der Waals surface area contributed by atoms with Gasteiger partial charge < -0.3 is 24.8 Å². The van der Waals surface area contributed by atoms with Gasteiger partial charge in [-0.1, -0.05) is 13.8 Å². The third kappa shape index (κ3) is 3.88. The van der Waals surface area contributed by atoms with Gasteiger partial charge in [-0.2, -0.15) is 0 Å². The number of hydrogen-bond acceptors (Lipinski definition) is 4. The molecule has 26 heavy (non-hydrogen) atoms. The molecule has 0 aromatic heterocycles. The minimum atomic E-state index is 0. The van der Waals surface area contributed by atoms with Crippen molar-refractivity contribution in [3.8, 4) is 11.5 Å². The van der Waals surface area contributed by atoms with Crippen LogP contribution in [0.2, 0.25) is 0 Å². The molecule has 146 valence electrons. The molecule has 0 amide bonds. The van der Waals surface area contributed by atoms with Crippen molar-refractivity contribution >= 4 is 35.6 Å². The first-order valence-corrected chi connectivity index (χ1v) is 8.94. The molecule has 2 aliphatic rings. The van der Waals surface area contributed by atoms with Crippen LogP contribution in [0.5, 0.6) is 11.5 Å². The van der Waals surface area contributed by atoms with Crippen molar-refractivity contribution in [3.05, 3.63) is 18.2 Å². The number of anilines is 1. The predicted octanol–water partition coefficient (Wildman–Crippen LogP) is 3.51. The van der Waals surface area contributed by atoms with Crippen molar-refractivity contribution in [2.45, 2.75) is 39.3 Å².